The average Bonchev–Trinajstić information content (AvgIpc) is 2.61. The number of hydrogen-bond donors (Lipinski definition) is 1. The number of carbonyl (C=O) groups is 1. The molecule has 0 saturated carbocycles. The highest BCUT2D eigenvalue weighted by Gasteiger charge is 2.24. The normalized spacial score (nSPS) is 13.8. The third-order valence-electron chi connectivity index (χ3n) is 3.79. The zero-order chi connectivity index (χ0) is 16.9. The highest BCUT2D eigenvalue weighted by molar-refractivity contribution is 9.10. The maximum atomic E-state index is 12.7. The fraction of sp³-hybridized carbons (Fsp3) is 0.167. The standard InChI is InChI=1S/C18H15BrN4O/c19-15-7-8-21-17(10-15)22-12-14(11-20)18(24)23-9-3-5-13-4-1-2-6-16(13)23/h1-2,4,6-8,10,12H,3,5,9H2,(H,21,22)/b14-12-. The molecule has 0 aliphatic carbocycles. The number of fused-ring (bicyclic) bond motifs is 1. The number of benzene rings is 1. The number of aryl methyl sites for hydroxylation is 1. The van der Waals surface area contributed by atoms with Crippen LogP contribution in [-0.4, -0.2) is 17.4 Å². The van der Waals surface area contributed by atoms with E-state index >= 15 is 0 Å². The van der Waals surface area contributed by atoms with Gasteiger partial charge in [-0.05, 0) is 36.6 Å². The van der Waals surface area contributed by atoms with E-state index < -0.39 is 0 Å². The molecule has 1 aromatic carbocycles. The van der Waals surface area contributed by atoms with Gasteiger partial charge in [-0.3, -0.25) is 4.79 Å². The molecular weight excluding hydrogens is 368 g/mol. The first-order valence-corrected chi connectivity index (χ1v) is 8.36. The smallest absolute Gasteiger partial charge is 0.270 e. The lowest BCUT2D eigenvalue weighted by atomic mass is 10.0. The molecule has 24 heavy (non-hydrogen) atoms. The molecule has 1 aromatic heterocycles. The van der Waals surface area contributed by atoms with Crippen molar-refractivity contribution in [3.05, 3.63) is 64.4 Å². The second kappa shape index (κ2) is 7.28. The Morgan fingerprint density at radius 2 is 2.21 bits per heavy atom. The number of anilines is 2. The summed E-state index contributed by atoms with van der Waals surface area (Å²) in [6.07, 6.45) is 4.89. The number of carbonyl (C=O) groups excluding carboxylic acids is 1. The Balaban J connectivity index is 1.83. The number of hydrogen-bond acceptors (Lipinski definition) is 4. The van der Waals surface area contributed by atoms with Gasteiger partial charge in [0.05, 0.1) is 0 Å². The summed E-state index contributed by atoms with van der Waals surface area (Å²) in [5.41, 5.74) is 2.07. The van der Waals surface area contributed by atoms with E-state index in [2.05, 4.69) is 26.2 Å². The maximum Gasteiger partial charge on any atom is 0.270 e. The van der Waals surface area contributed by atoms with E-state index in [1.54, 1.807) is 23.2 Å². The summed E-state index contributed by atoms with van der Waals surface area (Å²) in [6.45, 7) is 0.615. The minimum atomic E-state index is -0.299. The van der Waals surface area contributed by atoms with Crippen LogP contribution in [0.5, 0.6) is 0 Å². The van der Waals surface area contributed by atoms with Crippen molar-refractivity contribution < 1.29 is 4.79 Å². The second-order valence-corrected chi connectivity index (χ2v) is 6.28. The lowest BCUT2D eigenvalue weighted by Gasteiger charge is -2.29. The zero-order valence-electron chi connectivity index (χ0n) is 12.9. The molecule has 2 heterocycles. The first-order chi connectivity index (χ1) is 11.7. The summed E-state index contributed by atoms with van der Waals surface area (Å²) in [6, 6.07) is 13.4. The molecule has 120 valence electrons. The number of amides is 1. The second-order valence-electron chi connectivity index (χ2n) is 5.36. The van der Waals surface area contributed by atoms with Crippen LogP contribution in [0.1, 0.15) is 12.0 Å². The topological polar surface area (TPSA) is 69.0 Å². The third-order valence-corrected chi connectivity index (χ3v) is 4.29. The van der Waals surface area contributed by atoms with Crippen LogP contribution in [0.15, 0.2) is 58.8 Å². The van der Waals surface area contributed by atoms with E-state index in [-0.39, 0.29) is 11.5 Å². The number of para-hydroxylation sites is 1. The number of rotatable bonds is 3. The number of halogens is 1. The molecular formula is C18H15BrN4O. The van der Waals surface area contributed by atoms with Gasteiger partial charge < -0.3 is 10.2 Å². The quantitative estimate of drug-likeness (QED) is 0.649. The Labute approximate surface area is 148 Å². The minimum Gasteiger partial charge on any atom is -0.345 e. The van der Waals surface area contributed by atoms with Crippen LogP contribution in [0.2, 0.25) is 0 Å². The van der Waals surface area contributed by atoms with Gasteiger partial charge in [0.2, 0.25) is 0 Å². The number of pyridine rings is 1. The van der Waals surface area contributed by atoms with Gasteiger partial charge in [-0.1, -0.05) is 34.1 Å². The van der Waals surface area contributed by atoms with Crippen molar-refractivity contribution >= 4 is 33.3 Å². The van der Waals surface area contributed by atoms with Crippen LogP contribution in [0.3, 0.4) is 0 Å². The van der Waals surface area contributed by atoms with Gasteiger partial charge in [0, 0.05) is 29.1 Å². The monoisotopic (exact) mass is 382 g/mol. The lowest BCUT2D eigenvalue weighted by molar-refractivity contribution is -0.114. The predicted octanol–water partition coefficient (Wildman–Crippen LogP) is 3.64. The van der Waals surface area contributed by atoms with Gasteiger partial charge in [-0.2, -0.15) is 5.26 Å². The summed E-state index contributed by atoms with van der Waals surface area (Å²) in [5, 5.41) is 12.3. The van der Waals surface area contributed by atoms with Crippen molar-refractivity contribution in [1.29, 1.82) is 5.26 Å². The zero-order valence-corrected chi connectivity index (χ0v) is 14.5. The largest absolute Gasteiger partial charge is 0.345 e. The van der Waals surface area contributed by atoms with Gasteiger partial charge in [-0.15, -0.1) is 0 Å². The van der Waals surface area contributed by atoms with E-state index in [0.29, 0.717) is 12.4 Å². The van der Waals surface area contributed by atoms with Crippen molar-refractivity contribution in [3.8, 4) is 6.07 Å². The number of nitrogens with zero attached hydrogens (tertiary/aromatic N) is 3. The molecule has 3 rings (SSSR count). The Morgan fingerprint density at radius 1 is 1.38 bits per heavy atom. The van der Waals surface area contributed by atoms with E-state index in [4.69, 9.17) is 0 Å². The van der Waals surface area contributed by atoms with Gasteiger partial charge in [0.1, 0.15) is 17.5 Å². The van der Waals surface area contributed by atoms with Crippen molar-refractivity contribution in [2.45, 2.75) is 12.8 Å². The molecule has 0 fully saturated rings. The van der Waals surface area contributed by atoms with Gasteiger partial charge >= 0.3 is 0 Å². The van der Waals surface area contributed by atoms with E-state index in [1.165, 1.54) is 6.20 Å². The summed E-state index contributed by atoms with van der Waals surface area (Å²) >= 11 is 3.35. The van der Waals surface area contributed by atoms with E-state index in [9.17, 15) is 10.1 Å². The summed E-state index contributed by atoms with van der Waals surface area (Å²) in [7, 11) is 0. The van der Waals surface area contributed by atoms with Crippen LogP contribution in [-0.2, 0) is 11.2 Å². The molecule has 1 N–H and O–H groups in total. The molecule has 0 spiro atoms. The Kier molecular flexibility index (Phi) is 4.92. The van der Waals surface area contributed by atoms with E-state index in [1.807, 2.05) is 30.3 Å². The summed E-state index contributed by atoms with van der Waals surface area (Å²) < 4.78 is 0.864. The molecule has 0 unspecified atom stereocenters. The molecule has 1 aliphatic heterocycles. The van der Waals surface area contributed by atoms with Gasteiger partial charge in [-0.25, -0.2) is 4.98 Å². The highest BCUT2D eigenvalue weighted by atomic mass is 79.9. The molecule has 0 saturated heterocycles. The van der Waals surface area contributed by atoms with Crippen LogP contribution in [0, 0.1) is 11.3 Å². The van der Waals surface area contributed by atoms with Crippen LogP contribution < -0.4 is 10.2 Å². The first-order valence-electron chi connectivity index (χ1n) is 7.57. The minimum absolute atomic E-state index is 0.0495. The molecule has 1 aliphatic rings. The number of nitriles is 1. The highest BCUT2D eigenvalue weighted by Crippen LogP contribution is 2.27. The Morgan fingerprint density at radius 3 is 3.00 bits per heavy atom. The van der Waals surface area contributed by atoms with Crippen molar-refractivity contribution in [1.82, 2.24) is 4.98 Å². The van der Waals surface area contributed by atoms with Crippen LogP contribution in [0.25, 0.3) is 0 Å². The number of aromatic nitrogens is 1. The molecule has 0 radical (unpaired) electrons. The Hall–Kier alpha value is -2.65. The van der Waals surface area contributed by atoms with Crippen molar-refractivity contribution in [3.63, 3.8) is 0 Å². The fourth-order valence-corrected chi connectivity index (χ4v) is 3.00. The van der Waals surface area contributed by atoms with Crippen molar-refractivity contribution in [2.75, 3.05) is 16.8 Å². The van der Waals surface area contributed by atoms with Crippen LogP contribution in [0.4, 0.5) is 11.5 Å². The van der Waals surface area contributed by atoms with Crippen molar-refractivity contribution in [2.24, 2.45) is 0 Å². The summed E-state index contributed by atoms with van der Waals surface area (Å²) in [5.74, 6) is 0.260. The molecule has 6 heteroatoms. The molecule has 0 atom stereocenters. The molecule has 0 bridgehead atoms. The SMILES string of the molecule is N#C/C(=C/Nc1cc(Br)ccn1)C(=O)N1CCCc2ccccc21. The average molecular weight is 383 g/mol. The maximum absolute atomic E-state index is 12.7. The molecule has 5 nitrogen and oxygen atoms in total. The molecule has 1 amide bonds. The lowest BCUT2D eigenvalue weighted by Crippen LogP contribution is -2.36. The fourth-order valence-electron chi connectivity index (χ4n) is 2.66. The van der Waals surface area contributed by atoms with Gasteiger partial charge in [0.15, 0.2) is 0 Å². The number of nitrogens with one attached hydrogen (secondary N) is 1. The molecule has 2 aromatic rings. The third kappa shape index (κ3) is 3.47. The first kappa shape index (κ1) is 16.2. The Bertz CT molecular complexity index is 841. The summed E-state index contributed by atoms with van der Waals surface area (Å²) in [4.78, 5) is 18.5. The van der Waals surface area contributed by atoms with Crippen LogP contribution >= 0.6 is 15.9 Å². The predicted molar refractivity (Wildman–Crippen MR) is 96.4 cm³/mol. The van der Waals surface area contributed by atoms with E-state index in [0.717, 1.165) is 28.6 Å². The van der Waals surface area contributed by atoms with Gasteiger partial charge in [0.25, 0.3) is 5.91 Å².